The van der Waals surface area contributed by atoms with E-state index in [0.29, 0.717) is 25.2 Å². The highest BCUT2D eigenvalue weighted by molar-refractivity contribution is 7.92. The molecule has 6 heteroatoms. The summed E-state index contributed by atoms with van der Waals surface area (Å²) in [5, 5.41) is 0.903. The van der Waals surface area contributed by atoms with Gasteiger partial charge in [0.2, 0.25) is 10.0 Å². The number of carbonyl (C=O) groups excluding carboxylic acids is 1. The maximum Gasteiger partial charge on any atom is 0.253 e. The molecule has 1 N–H and O–H groups in total. The summed E-state index contributed by atoms with van der Waals surface area (Å²) in [7, 11) is -3.40. The second-order valence-electron chi connectivity index (χ2n) is 5.77. The van der Waals surface area contributed by atoms with Crippen LogP contribution in [0, 0.1) is 19.8 Å². The average Bonchev–Trinajstić information content (AvgIpc) is 2.96. The molecule has 2 rings (SSSR count). The van der Waals surface area contributed by atoms with Crippen molar-refractivity contribution in [1.29, 1.82) is 0 Å². The van der Waals surface area contributed by atoms with E-state index in [1.54, 1.807) is 4.90 Å². The Morgan fingerprint density at radius 3 is 2.77 bits per heavy atom. The van der Waals surface area contributed by atoms with E-state index in [0.717, 1.165) is 23.0 Å². The van der Waals surface area contributed by atoms with Gasteiger partial charge in [-0.15, -0.1) is 0 Å². The summed E-state index contributed by atoms with van der Waals surface area (Å²) >= 11 is 0. The van der Waals surface area contributed by atoms with Crippen LogP contribution in [0.4, 0.5) is 0 Å². The predicted octanol–water partition coefficient (Wildman–Crippen LogP) is 1.83. The lowest BCUT2D eigenvalue weighted by Gasteiger charge is -2.17. The minimum atomic E-state index is -3.40. The van der Waals surface area contributed by atoms with Gasteiger partial charge in [0.15, 0.2) is 0 Å². The molecule has 22 heavy (non-hydrogen) atoms. The first kappa shape index (κ1) is 16.7. The number of rotatable bonds is 5. The Kier molecular flexibility index (Phi) is 5.03. The second-order valence-corrected chi connectivity index (χ2v) is 7.48. The molecule has 1 aromatic carbocycles. The number of hydrogen-bond acceptors (Lipinski definition) is 3. The third kappa shape index (κ3) is 3.96. The summed E-state index contributed by atoms with van der Waals surface area (Å²) in [6.07, 6.45) is 0.802. The van der Waals surface area contributed by atoms with Gasteiger partial charge in [-0.2, -0.15) is 0 Å². The van der Waals surface area contributed by atoms with Crippen molar-refractivity contribution >= 4 is 15.9 Å². The number of nitrogens with zero attached hydrogens (tertiary/aromatic N) is 1. The van der Waals surface area contributed by atoms with Gasteiger partial charge in [0.1, 0.15) is 0 Å². The number of benzene rings is 1. The highest BCUT2D eigenvalue weighted by Crippen LogP contribution is 2.19. The monoisotopic (exact) mass is 322 g/mol. The zero-order chi connectivity index (χ0) is 16.3. The Morgan fingerprint density at radius 2 is 2.14 bits per heavy atom. The van der Waals surface area contributed by atoms with Crippen LogP contribution in [-0.2, 0) is 10.0 Å². The van der Waals surface area contributed by atoms with Crippen LogP contribution in [0.1, 0.15) is 27.9 Å². The molecule has 0 saturated carbocycles. The van der Waals surface area contributed by atoms with Crippen LogP contribution >= 0.6 is 0 Å². The number of sulfonamides is 1. The average molecular weight is 322 g/mol. The largest absolute Gasteiger partial charge is 0.338 e. The molecule has 1 amide bonds. The lowest BCUT2D eigenvalue weighted by Crippen LogP contribution is -2.32. The van der Waals surface area contributed by atoms with Crippen molar-refractivity contribution in [3.8, 4) is 0 Å². The predicted molar refractivity (Wildman–Crippen MR) is 87.0 cm³/mol. The zero-order valence-corrected chi connectivity index (χ0v) is 13.8. The van der Waals surface area contributed by atoms with Gasteiger partial charge in [0, 0.05) is 30.6 Å². The summed E-state index contributed by atoms with van der Waals surface area (Å²) < 4.78 is 25.2. The highest BCUT2D eigenvalue weighted by Gasteiger charge is 2.27. The van der Waals surface area contributed by atoms with Gasteiger partial charge in [-0.05, 0) is 49.4 Å². The summed E-state index contributed by atoms with van der Waals surface area (Å²) in [4.78, 5) is 14.3. The van der Waals surface area contributed by atoms with Crippen molar-refractivity contribution in [2.45, 2.75) is 20.3 Å². The zero-order valence-electron chi connectivity index (χ0n) is 13.0. The Bertz CT molecular complexity index is 683. The van der Waals surface area contributed by atoms with Crippen molar-refractivity contribution in [1.82, 2.24) is 9.62 Å². The number of carbonyl (C=O) groups is 1. The van der Waals surface area contributed by atoms with Crippen LogP contribution in [0.25, 0.3) is 0 Å². The fraction of sp³-hybridized carbons (Fsp3) is 0.438. The van der Waals surface area contributed by atoms with E-state index in [1.807, 2.05) is 32.0 Å². The van der Waals surface area contributed by atoms with E-state index in [4.69, 9.17) is 0 Å². The van der Waals surface area contributed by atoms with E-state index in [9.17, 15) is 13.2 Å². The molecular formula is C16H22N2O3S. The van der Waals surface area contributed by atoms with Gasteiger partial charge in [-0.3, -0.25) is 4.79 Å². The SMILES string of the molecule is C=CS(=O)(=O)NCC1CCN(C(=O)c2ccc(C)c(C)c2)C1. The van der Waals surface area contributed by atoms with E-state index < -0.39 is 10.0 Å². The van der Waals surface area contributed by atoms with Crippen LogP contribution in [0.15, 0.2) is 30.2 Å². The van der Waals surface area contributed by atoms with E-state index in [2.05, 4.69) is 11.3 Å². The molecule has 1 aliphatic heterocycles. The quantitative estimate of drug-likeness (QED) is 0.899. The minimum absolute atomic E-state index is 0.0113. The lowest BCUT2D eigenvalue weighted by atomic mass is 10.1. The molecule has 0 spiro atoms. The van der Waals surface area contributed by atoms with Gasteiger partial charge in [0.05, 0.1) is 0 Å². The minimum Gasteiger partial charge on any atom is -0.338 e. The van der Waals surface area contributed by atoms with E-state index in [-0.39, 0.29) is 11.8 Å². The van der Waals surface area contributed by atoms with E-state index >= 15 is 0 Å². The molecule has 0 aromatic heterocycles. The third-order valence-electron chi connectivity index (χ3n) is 4.12. The molecule has 1 aromatic rings. The molecule has 1 fully saturated rings. The summed E-state index contributed by atoms with van der Waals surface area (Å²) in [5.41, 5.74) is 2.95. The second kappa shape index (κ2) is 6.62. The van der Waals surface area contributed by atoms with Crippen molar-refractivity contribution in [2.75, 3.05) is 19.6 Å². The molecule has 5 nitrogen and oxygen atoms in total. The fourth-order valence-electron chi connectivity index (χ4n) is 2.53. The van der Waals surface area contributed by atoms with Crippen molar-refractivity contribution in [2.24, 2.45) is 5.92 Å². The molecule has 1 saturated heterocycles. The number of amides is 1. The molecule has 0 radical (unpaired) electrons. The first-order valence-electron chi connectivity index (χ1n) is 7.31. The first-order valence-corrected chi connectivity index (χ1v) is 8.85. The van der Waals surface area contributed by atoms with Gasteiger partial charge < -0.3 is 4.90 Å². The summed E-state index contributed by atoms with van der Waals surface area (Å²) in [5.74, 6) is 0.155. The number of nitrogens with one attached hydrogen (secondary N) is 1. The summed E-state index contributed by atoms with van der Waals surface area (Å²) in [6, 6.07) is 5.71. The maximum atomic E-state index is 12.5. The first-order chi connectivity index (χ1) is 10.3. The lowest BCUT2D eigenvalue weighted by molar-refractivity contribution is 0.0787. The topological polar surface area (TPSA) is 66.5 Å². The molecule has 0 aliphatic carbocycles. The van der Waals surface area contributed by atoms with Gasteiger partial charge >= 0.3 is 0 Å². The fourth-order valence-corrected chi connectivity index (χ4v) is 3.12. The summed E-state index contributed by atoms with van der Waals surface area (Å²) in [6.45, 7) is 8.84. The van der Waals surface area contributed by atoms with Crippen LogP contribution in [0.3, 0.4) is 0 Å². The van der Waals surface area contributed by atoms with Crippen LogP contribution in [0.2, 0.25) is 0 Å². The van der Waals surface area contributed by atoms with Gasteiger partial charge in [-0.1, -0.05) is 12.6 Å². The number of aryl methyl sites for hydroxylation is 2. The van der Waals surface area contributed by atoms with Crippen molar-refractivity contribution < 1.29 is 13.2 Å². The normalized spacial score (nSPS) is 18.5. The van der Waals surface area contributed by atoms with Crippen LogP contribution < -0.4 is 4.72 Å². The van der Waals surface area contributed by atoms with E-state index in [1.165, 1.54) is 0 Å². The Hall–Kier alpha value is -1.66. The number of hydrogen-bond donors (Lipinski definition) is 1. The molecule has 1 atom stereocenters. The molecular weight excluding hydrogens is 300 g/mol. The van der Waals surface area contributed by atoms with Crippen LogP contribution in [0.5, 0.6) is 0 Å². The number of likely N-dealkylation sites (tertiary alicyclic amines) is 1. The molecule has 0 bridgehead atoms. The molecule has 1 heterocycles. The van der Waals surface area contributed by atoms with Crippen LogP contribution in [-0.4, -0.2) is 38.9 Å². The Morgan fingerprint density at radius 1 is 1.41 bits per heavy atom. The molecule has 1 unspecified atom stereocenters. The van der Waals surface area contributed by atoms with Gasteiger partial charge in [0.25, 0.3) is 5.91 Å². The third-order valence-corrected chi connectivity index (χ3v) is 5.13. The van der Waals surface area contributed by atoms with Crippen molar-refractivity contribution in [3.05, 3.63) is 46.9 Å². The Labute approximate surface area is 132 Å². The smallest absolute Gasteiger partial charge is 0.253 e. The highest BCUT2D eigenvalue weighted by atomic mass is 32.2. The standard InChI is InChI=1S/C16H22N2O3S/c1-4-22(20,21)17-10-14-7-8-18(11-14)16(19)15-6-5-12(2)13(3)9-15/h4-6,9,14,17H,1,7-8,10-11H2,2-3H3. The molecule has 120 valence electrons. The maximum absolute atomic E-state index is 12.5. The van der Waals surface area contributed by atoms with Crippen molar-refractivity contribution in [3.63, 3.8) is 0 Å². The molecule has 1 aliphatic rings. The van der Waals surface area contributed by atoms with Gasteiger partial charge in [-0.25, -0.2) is 13.1 Å². The Balaban J connectivity index is 1.96.